The average Bonchev–Trinajstić information content (AvgIpc) is 2.62. The highest BCUT2D eigenvalue weighted by molar-refractivity contribution is 5.90. The standard InChI is InChI=1S/C21H23N3/c1-15-8-7-9-16(14-15)20-23-19-13-6-5-12-18(19)21(24-20)22-17-10-3-2-4-11-17/h5-9,12-14,17H,2-4,10-11H2,1H3,(H,22,23,24). The highest BCUT2D eigenvalue weighted by Crippen LogP contribution is 2.28. The third-order valence-electron chi connectivity index (χ3n) is 4.83. The maximum absolute atomic E-state index is 4.88. The number of aryl methyl sites for hydroxylation is 1. The van der Waals surface area contributed by atoms with Gasteiger partial charge in [0, 0.05) is 17.0 Å². The number of nitrogens with one attached hydrogen (secondary N) is 1. The fourth-order valence-electron chi connectivity index (χ4n) is 3.54. The van der Waals surface area contributed by atoms with E-state index in [1.165, 1.54) is 37.7 Å². The monoisotopic (exact) mass is 317 g/mol. The van der Waals surface area contributed by atoms with E-state index in [0.717, 1.165) is 28.1 Å². The Hall–Kier alpha value is -2.42. The van der Waals surface area contributed by atoms with Gasteiger partial charge in [0.15, 0.2) is 5.82 Å². The third-order valence-corrected chi connectivity index (χ3v) is 4.83. The smallest absolute Gasteiger partial charge is 0.162 e. The summed E-state index contributed by atoms with van der Waals surface area (Å²) in [6.07, 6.45) is 6.45. The van der Waals surface area contributed by atoms with Crippen LogP contribution in [0.5, 0.6) is 0 Å². The maximum atomic E-state index is 4.88. The molecular formula is C21H23N3. The van der Waals surface area contributed by atoms with Crippen molar-refractivity contribution in [1.82, 2.24) is 9.97 Å². The number of nitrogens with zero attached hydrogens (tertiary/aromatic N) is 2. The van der Waals surface area contributed by atoms with E-state index in [0.29, 0.717) is 6.04 Å². The summed E-state index contributed by atoms with van der Waals surface area (Å²) in [6.45, 7) is 2.10. The van der Waals surface area contributed by atoms with Crippen molar-refractivity contribution in [2.75, 3.05) is 5.32 Å². The summed E-state index contributed by atoms with van der Waals surface area (Å²) in [4.78, 5) is 9.67. The second-order valence-electron chi connectivity index (χ2n) is 6.76. The lowest BCUT2D eigenvalue weighted by Crippen LogP contribution is -2.23. The van der Waals surface area contributed by atoms with Crippen molar-refractivity contribution in [3.05, 3.63) is 54.1 Å². The van der Waals surface area contributed by atoms with Crippen LogP contribution in [0.3, 0.4) is 0 Å². The van der Waals surface area contributed by atoms with Crippen LogP contribution >= 0.6 is 0 Å². The first kappa shape index (κ1) is 15.1. The number of fused-ring (bicyclic) bond motifs is 1. The first-order chi connectivity index (χ1) is 11.8. The molecule has 4 rings (SSSR count). The van der Waals surface area contributed by atoms with E-state index < -0.39 is 0 Å². The highest BCUT2D eigenvalue weighted by atomic mass is 15.1. The predicted octanol–water partition coefficient (Wildman–Crippen LogP) is 5.35. The van der Waals surface area contributed by atoms with Crippen LogP contribution in [0.2, 0.25) is 0 Å². The molecule has 1 aliphatic carbocycles. The Kier molecular flexibility index (Phi) is 4.16. The van der Waals surface area contributed by atoms with Gasteiger partial charge in [-0.2, -0.15) is 0 Å². The van der Waals surface area contributed by atoms with Crippen LogP contribution in [0.25, 0.3) is 22.3 Å². The quantitative estimate of drug-likeness (QED) is 0.707. The summed E-state index contributed by atoms with van der Waals surface area (Å²) in [5, 5.41) is 4.81. The lowest BCUT2D eigenvalue weighted by molar-refractivity contribution is 0.462. The zero-order valence-electron chi connectivity index (χ0n) is 14.1. The Labute approximate surface area is 143 Å². The number of benzene rings is 2. The van der Waals surface area contributed by atoms with Crippen LogP contribution in [0.15, 0.2) is 48.5 Å². The molecule has 1 heterocycles. The Balaban J connectivity index is 1.78. The molecular weight excluding hydrogens is 294 g/mol. The summed E-state index contributed by atoms with van der Waals surface area (Å²) in [5.41, 5.74) is 3.31. The van der Waals surface area contributed by atoms with Crippen molar-refractivity contribution in [3.8, 4) is 11.4 Å². The summed E-state index contributed by atoms with van der Waals surface area (Å²) in [7, 11) is 0. The molecule has 122 valence electrons. The van der Waals surface area contributed by atoms with E-state index in [1.54, 1.807) is 0 Å². The van der Waals surface area contributed by atoms with Crippen LogP contribution in [-0.4, -0.2) is 16.0 Å². The van der Waals surface area contributed by atoms with Gasteiger partial charge in [0.25, 0.3) is 0 Å². The molecule has 0 unspecified atom stereocenters. The van der Waals surface area contributed by atoms with Gasteiger partial charge in [-0.1, -0.05) is 55.2 Å². The Bertz CT molecular complexity index is 851. The fraction of sp³-hybridized carbons (Fsp3) is 0.333. The topological polar surface area (TPSA) is 37.8 Å². The van der Waals surface area contributed by atoms with E-state index in [9.17, 15) is 0 Å². The summed E-state index contributed by atoms with van der Waals surface area (Å²) >= 11 is 0. The molecule has 3 nitrogen and oxygen atoms in total. The number of rotatable bonds is 3. The lowest BCUT2D eigenvalue weighted by atomic mass is 9.95. The molecule has 0 bridgehead atoms. The predicted molar refractivity (Wildman–Crippen MR) is 100 cm³/mol. The summed E-state index contributed by atoms with van der Waals surface area (Å²) in [6, 6.07) is 17.2. The molecule has 2 aromatic carbocycles. The average molecular weight is 317 g/mol. The van der Waals surface area contributed by atoms with E-state index in [4.69, 9.17) is 9.97 Å². The Morgan fingerprint density at radius 1 is 0.917 bits per heavy atom. The van der Waals surface area contributed by atoms with E-state index >= 15 is 0 Å². The number of aromatic nitrogens is 2. The van der Waals surface area contributed by atoms with Crippen molar-refractivity contribution < 1.29 is 0 Å². The molecule has 3 heteroatoms. The minimum Gasteiger partial charge on any atom is -0.367 e. The molecule has 1 N–H and O–H groups in total. The number of para-hydroxylation sites is 1. The molecule has 1 fully saturated rings. The van der Waals surface area contributed by atoms with Gasteiger partial charge in [-0.25, -0.2) is 9.97 Å². The largest absolute Gasteiger partial charge is 0.367 e. The molecule has 1 saturated carbocycles. The molecule has 0 radical (unpaired) electrons. The van der Waals surface area contributed by atoms with Crippen molar-refractivity contribution in [2.24, 2.45) is 0 Å². The van der Waals surface area contributed by atoms with Gasteiger partial charge in [0.05, 0.1) is 5.52 Å². The second-order valence-corrected chi connectivity index (χ2v) is 6.76. The van der Waals surface area contributed by atoms with Gasteiger partial charge in [-0.15, -0.1) is 0 Å². The lowest BCUT2D eigenvalue weighted by Gasteiger charge is -2.24. The van der Waals surface area contributed by atoms with Crippen LogP contribution in [0.4, 0.5) is 5.82 Å². The molecule has 1 aliphatic rings. The molecule has 0 amide bonds. The summed E-state index contributed by atoms with van der Waals surface area (Å²) in [5.74, 6) is 1.78. The first-order valence-corrected chi connectivity index (χ1v) is 8.90. The molecule has 1 aromatic heterocycles. The van der Waals surface area contributed by atoms with E-state index in [2.05, 4.69) is 54.7 Å². The fourth-order valence-corrected chi connectivity index (χ4v) is 3.54. The molecule has 24 heavy (non-hydrogen) atoms. The second kappa shape index (κ2) is 6.60. The van der Waals surface area contributed by atoms with Crippen LogP contribution < -0.4 is 5.32 Å². The molecule has 3 aromatic rings. The molecule has 0 atom stereocenters. The van der Waals surface area contributed by atoms with Crippen molar-refractivity contribution >= 4 is 16.7 Å². The number of hydrogen-bond donors (Lipinski definition) is 1. The minimum absolute atomic E-state index is 0.530. The zero-order valence-corrected chi connectivity index (χ0v) is 14.1. The zero-order chi connectivity index (χ0) is 16.4. The normalized spacial score (nSPS) is 15.5. The van der Waals surface area contributed by atoms with Gasteiger partial charge in [0.2, 0.25) is 0 Å². The first-order valence-electron chi connectivity index (χ1n) is 8.90. The molecule has 0 saturated heterocycles. The van der Waals surface area contributed by atoms with E-state index in [1.807, 2.05) is 6.07 Å². The van der Waals surface area contributed by atoms with Crippen LogP contribution in [-0.2, 0) is 0 Å². The Morgan fingerprint density at radius 3 is 2.58 bits per heavy atom. The van der Waals surface area contributed by atoms with Crippen molar-refractivity contribution in [3.63, 3.8) is 0 Å². The van der Waals surface area contributed by atoms with Gasteiger partial charge >= 0.3 is 0 Å². The van der Waals surface area contributed by atoms with Gasteiger partial charge in [-0.3, -0.25) is 0 Å². The van der Waals surface area contributed by atoms with Gasteiger partial charge in [-0.05, 0) is 38.0 Å². The number of hydrogen-bond acceptors (Lipinski definition) is 3. The van der Waals surface area contributed by atoms with Crippen LogP contribution in [0, 0.1) is 6.92 Å². The third kappa shape index (κ3) is 3.12. The summed E-state index contributed by atoms with van der Waals surface area (Å²) < 4.78 is 0. The minimum atomic E-state index is 0.530. The van der Waals surface area contributed by atoms with E-state index in [-0.39, 0.29) is 0 Å². The molecule has 0 spiro atoms. The maximum Gasteiger partial charge on any atom is 0.162 e. The highest BCUT2D eigenvalue weighted by Gasteiger charge is 2.16. The van der Waals surface area contributed by atoms with Gasteiger partial charge < -0.3 is 5.32 Å². The van der Waals surface area contributed by atoms with Crippen molar-refractivity contribution in [2.45, 2.75) is 45.1 Å². The Morgan fingerprint density at radius 2 is 1.75 bits per heavy atom. The van der Waals surface area contributed by atoms with Crippen LogP contribution in [0.1, 0.15) is 37.7 Å². The number of anilines is 1. The van der Waals surface area contributed by atoms with Gasteiger partial charge in [0.1, 0.15) is 5.82 Å². The molecule has 0 aliphatic heterocycles. The van der Waals surface area contributed by atoms with Crippen molar-refractivity contribution in [1.29, 1.82) is 0 Å². The SMILES string of the molecule is Cc1cccc(-c2nc(NC3CCCCC3)c3ccccc3n2)c1.